The second kappa shape index (κ2) is 6.32. The zero-order chi connectivity index (χ0) is 14.6. The lowest BCUT2D eigenvalue weighted by Gasteiger charge is -2.18. The van der Waals surface area contributed by atoms with Crippen LogP contribution in [0.4, 0.5) is 11.6 Å². The van der Waals surface area contributed by atoms with E-state index in [1.807, 2.05) is 27.7 Å². The molecule has 5 nitrogen and oxygen atoms in total. The van der Waals surface area contributed by atoms with E-state index in [4.69, 9.17) is 5.73 Å². The van der Waals surface area contributed by atoms with E-state index < -0.39 is 10.8 Å². The van der Waals surface area contributed by atoms with Crippen molar-refractivity contribution in [1.82, 2.24) is 9.97 Å². The number of rotatable bonds is 5. The second-order valence-corrected chi connectivity index (χ2v) is 7.58. The van der Waals surface area contributed by atoms with Crippen LogP contribution in [0.5, 0.6) is 0 Å². The molecule has 108 valence electrons. The third-order valence-electron chi connectivity index (χ3n) is 2.84. The molecular weight excluding hydrogens is 260 g/mol. The summed E-state index contributed by atoms with van der Waals surface area (Å²) in [4.78, 5) is 8.72. The van der Waals surface area contributed by atoms with Crippen molar-refractivity contribution in [2.45, 2.75) is 44.8 Å². The lowest BCUT2D eigenvalue weighted by atomic mass is 9.96. The average molecular weight is 284 g/mol. The molecule has 0 aliphatic rings. The maximum atomic E-state index is 11.3. The third-order valence-corrected chi connectivity index (χ3v) is 4.21. The van der Waals surface area contributed by atoms with Crippen LogP contribution in [-0.2, 0) is 16.2 Å². The van der Waals surface area contributed by atoms with Crippen molar-refractivity contribution >= 4 is 22.4 Å². The molecule has 0 saturated heterocycles. The monoisotopic (exact) mass is 284 g/mol. The summed E-state index contributed by atoms with van der Waals surface area (Å²) in [6, 6.07) is 1.73. The number of nitrogens with one attached hydrogen (secondary N) is 1. The molecule has 0 aliphatic carbocycles. The van der Waals surface area contributed by atoms with Gasteiger partial charge in [-0.2, -0.15) is 0 Å². The number of anilines is 2. The SMILES string of the molecule is CC(CCNc1cc(N)nc(C(C)(C)C)n1)S(C)=O. The van der Waals surface area contributed by atoms with Gasteiger partial charge >= 0.3 is 0 Å². The molecule has 0 spiro atoms. The van der Waals surface area contributed by atoms with Crippen LogP contribution < -0.4 is 11.1 Å². The highest BCUT2D eigenvalue weighted by molar-refractivity contribution is 7.84. The number of hydrogen-bond acceptors (Lipinski definition) is 5. The average Bonchev–Trinajstić information content (AvgIpc) is 2.26. The Morgan fingerprint density at radius 1 is 1.42 bits per heavy atom. The Balaban J connectivity index is 2.69. The molecule has 0 aromatic carbocycles. The smallest absolute Gasteiger partial charge is 0.138 e. The molecule has 19 heavy (non-hydrogen) atoms. The molecule has 0 radical (unpaired) electrons. The highest BCUT2D eigenvalue weighted by Crippen LogP contribution is 2.21. The van der Waals surface area contributed by atoms with E-state index in [1.165, 1.54) is 0 Å². The maximum absolute atomic E-state index is 11.3. The van der Waals surface area contributed by atoms with Gasteiger partial charge in [0.2, 0.25) is 0 Å². The van der Waals surface area contributed by atoms with Crippen molar-refractivity contribution in [3.63, 3.8) is 0 Å². The van der Waals surface area contributed by atoms with Gasteiger partial charge in [0.15, 0.2) is 0 Å². The Morgan fingerprint density at radius 2 is 2.05 bits per heavy atom. The van der Waals surface area contributed by atoms with Crippen LogP contribution in [0.15, 0.2) is 6.07 Å². The molecule has 6 heteroatoms. The van der Waals surface area contributed by atoms with Crippen LogP contribution in [0.3, 0.4) is 0 Å². The van der Waals surface area contributed by atoms with Crippen LogP contribution in [0.1, 0.15) is 39.9 Å². The first-order valence-electron chi connectivity index (χ1n) is 6.41. The van der Waals surface area contributed by atoms with Crippen LogP contribution in [-0.4, -0.2) is 32.2 Å². The molecular formula is C13H24N4OS. The summed E-state index contributed by atoms with van der Waals surface area (Å²) in [5.74, 6) is 1.92. The first kappa shape index (κ1) is 15.9. The molecule has 2 atom stereocenters. The summed E-state index contributed by atoms with van der Waals surface area (Å²) in [6.07, 6.45) is 2.56. The zero-order valence-corrected chi connectivity index (χ0v) is 13.2. The molecule has 0 bridgehead atoms. The fourth-order valence-electron chi connectivity index (χ4n) is 1.46. The molecule has 0 fully saturated rings. The molecule has 1 heterocycles. The summed E-state index contributed by atoms with van der Waals surface area (Å²) in [7, 11) is -0.789. The number of hydrogen-bond donors (Lipinski definition) is 2. The fraction of sp³-hybridized carbons (Fsp3) is 0.692. The van der Waals surface area contributed by atoms with Gasteiger partial charge in [0.25, 0.3) is 0 Å². The molecule has 2 unspecified atom stereocenters. The lowest BCUT2D eigenvalue weighted by Crippen LogP contribution is -2.19. The Hall–Kier alpha value is -1.17. The van der Waals surface area contributed by atoms with E-state index >= 15 is 0 Å². The van der Waals surface area contributed by atoms with Gasteiger partial charge in [-0.3, -0.25) is 4.21 Å². The molecule has 0 saturated carbocycles. The van der Waals surface area contributed by atoms with Crippen LogP contribution >= 0.6 is 0 Å². The number of nitrogens with zero attached hydrogens (tertiary/aromatic N) is 2. The van der Waals surface area contributed by atoms with E-state index in [2.05, 4.69) is 15.3 Å². The Bertz CT molecular complexity index is 456. The van der Waals surface area contributed by atoms with Gasteiger partial charge in [0, 0.05) is 40.3 Å². The normalized spacial score (nSPS) is 15.0. The minimum Gasteiger partial charge on any atom is -0.384 e. The predicted molar refractivity (Wildman–Crippen MR) is 81.8 cm³/mol. The van der Waals surface area contributed by atoms with Crippen molar-refractivity contribution in [1.29, 1.82) is 0 Å². The van der Waals surface area contributed by atoms with Crippen molar-refractivity contribution in [2.75, 3.05) is 23.9 Å². The minimum absolute atomic E-state index is 0.135. The standard InChI is InChI=1S/C13H24N4OS/c1-9(19(5)18)6-7-15-11-8-10(14)16-12(17-11)13(2,3)4/h8-9H,6-7H2,1-5H3,(H3,14,15,16,17). The van der Waals surface area contributed by atoms with Crippen molar-refractivity contribution in [3.8, 4) is 0 Å². The van der Waals surface area contributed by atoms with E-state index in [1.54, 1.807) is 12.3 Å². The van der Waals surface area contributed by atoms with Gasteiger partial charge in [-0.15, -0.1) is 0 Å². The summed E-state index contributed by atoms with van der Waals surface area (Å²) in [5, 5.41) is 3.39. The van der Waals surface area contributed by atoms with Gasteiger partial charge in [0.05, 0.1) is 0 Å². The summed E-state index contributed by atoms with van der Waals surface area (Å²) >= 11 is 0. The Kier molecular flexibility index (Phi) is 5.29. The number of nitrogen functional groups attached to an aromatic ring is 1. The minimum atomic E-state index is -0.789. The van der Waals surface area contributed by atoms with Crippen LogP contribution in [0.2, 0.25) is 0 Å². The molecule has 1 aromatic rings. The van der Waals surface area contributed by atoms with Gasteiger partial charge in [0.1, 0.15) is 17.5 Å². The van der Waals surface area contributed by atoms with Gasteiger partial charge < -0.3 is 11.1 Å². The molecule has 1 rings (SSSR count). The second-order valence-electron chi connectivity index (χ2n) is 5.78. The topological polar surface area (TPSA) is 80.9 Å². The van der Waals surface area contributed by atoms with Gasteiger partial charge in [-0.25, -0.2) is 9.97 Å². The lowest BCUT2D eigenvalue weighted by molar-refractivity contribution is 0.547. The molecule has 3 N–H and O–H groups in total. The van der Waals surface area contributed by atoms with E-state index in [0.717, 1.165) is 24.6 Å². The highest BCUT2D eigenvalue weighted by Gasteiger charge is 2.18. The number of nitrogens with two attached hydrogens (primary N) is 1. The summed E-state index contributed by atoms with van der Waals surface area (Å²) in [5.41, 5.74) is 5.66. The van der Waals surface area contributed by atoms with Crippen molar-refractivity contribution in [2.24, 2.45) is 0 Å². The largest absolute Gasteiger partial charge is 0.384 e. The van der Waals surface area contributed by atoms with Crippen molar-refractivity contribution < 1.29 is 4.21 Å². The van der Waals surface area contributed by atoms with Crippen molar-refractivity contribution in [3.05, 3.63) is 11.9 Å². The predicted octanol–water partition coefficient (Wildman–Crippen LogP) is 1.93. The number of aromatic nitrogens is 2. The fourth-order valence-corrected chi connectivity index (χ4v) is 1.91. The van der Waals surface area contributed by atoms with E-state index in [-0.39, 0.29) is 10.7 Å². The van der Waals surface area contributed by atoms with E-state index in [0.29, 0.717) is 5.82 Å². The maximum Gasteiger partial charge on any atom is 0.138 e. The summed E-state index contributed by atoms with van der Waals surface area (Å²) < 4.78 is 11.3. The van der Waals surface area contributed by atoms with Crippen LogP contribution in [0, 0.1) is 0 Å². The first-order chi connectivity index (χ1) is 8.70. The quantitative estimate of drug-likeness (QED) is 0.863. The van der Waals surface area contributed by atoms with Crippen LogP contribution in [0.25, 0.3) is 0 Å². The molecule has 1 aromatic heterocycles. The summed E-state index contributed by atoms with van der Waals surface area (Å²) in [6.45, 7) is 8.85. The van der Waals surface area contributed by atoms with Gasteiger partial charge in [-0.05, 0) is 6.42 Å². The Labute approximate surface area is 117 Å². The van der Waals surface area contributed by atoms with Gasteiger partial charge in [-0.1, -0.05) is 27.7 Å². The zero-order valence-electron chi connectivity index (χ0n) is 12.4. The Morgan fingerprint density at radius 3 is 2.58 bits per heavy atom. The van der Waals surface area contributed by atoms with E-state index in [9.17, 15) is 4.21 Å². The highest BCUT2D eigenvalue weighted by atomic mass is 32.2. The molecule has 0 amide bonds. The third kappa shape index (κ3) is 5.14. The first-order valence-corrected chi connectivity index (χ1v) is 8.03. The molecule has 0 aliphatic heterocycles.